The molecule has 0 aliphatic carbocycles. The highest BCUT2D eigenvalue weighted by Crippen LogP contribution is 2.27. The quantitative estimate of drug-likeness (QED) is 0.165. The van der Waals surface area contributed by atoms with Gasteiger partial charge < -0.3 is 15.0 Å². The first-order valence-electron chi connectivity index (χ1n) is 14.8. The van der Waals surface area contributed by atoms with Gasteiger partial charge in [0.15, 0.2) is 0 Å². The van der Waals surface area contributed by atoms with Gasteiger partial charge in [-0.1, -0.05) is 65.3 Å². The standard InChI is InChI=1S/C35H37BrFN3O5S/c1-4-25(2)38-35(42)33(22-26-9-6-5-7-10-26)39(23-27-11-8-12-28(36)21-27)34(41)24-40(30-15-13-29(37)14-16-30)46(43,44)32-19-17-31(45-3)18-20-32/h5-21,25,33H,4,22-24H2,1-3H3,(H,38,42). The zero-order valence-corrected chi connectivity index (χ0v) is 28.3. The molecule has 8 nitrogen and oxygen atoms in total. The maximum atomic E-state index is 14.5. The number of rotatable bonds is 14. The lowest BCUT2D eigenvalue weighted by molar-refractivity contribution is -0.140. The Morgan fingerprint density at radius 3 is 2.17 bits per heavy atom. The van der Waals surface area contributed by atoms with Gasteiger partial charge in [-0.05, 0) is 85.1 Å². The lowest BCUT2D eigenvalue weighted by Crippen LogP contribution is -2.54. The number of nitrogens with one attached hydrogen (secondary N) is 1. The molecular weight excluding hydrogens is 673 g/mol. The minimum Gasteiger partial charge on any atom is -0.497 e. The van der Waals surface area contributed by atoms with E-state index in [1.165, 1.54) is 48.4 Å². The molecular formula is C35H37BrFN3O5S. The number of hydrogen-bond donors (Lipinski definition) is 1. The van der Waals surface area contributed by atoms with E-state index in [1.54, 1.807) is 0 Å². The number of benzene rings is 4. The van der Waals surface area contributed by atoms with Crippen molar-refractivity contribution in [3.8, 4) is 5.75 Å². The Balaban J connectivity index is 1.80. The zero-order valence-electron chi connectivity index (χ0n) is 25.9. The number of hydrogen-bond acceptors (Lipinski definition) is 5. The Kier molecular flexibility index (Phi) is 11.9. The second-order valence-electron chi connectivity index (χ2n) is 10.8. The fourth-order valence-corrected chi connectivity index (χ4v) is 6.70. The molecule has 0 aliphatic heterocycles. The summed E-state index contributed by atoms with van der Waals surface area (Å²) in [7, 11) is -2.86. The predicted molar refractivity (Wildman–Crippen MR) is 180 cm³/mol. The minimum atomic E-state index is -4.33. The molecule has 1 N–H and O–H groups in total. The highest BCUT2D eigenvalue weighted by atomic mass is 79.9. The second-order valence-corrected chi connectivity index (χ2v) is 13.6. The fraction of sp³-hybridized carbons (Fsp3) is 0.257. The molecule has 11 heteroatoms. The molecule has 4 aromatic carbocycles. The van der Waals surface area contributed by atoms with E-state index in [0.717, 1.165) is 32.0 Å². The highest BCUT2D eigenvalue weighted by Gasteiger charge is 2.35. The number of halogens is 2. The van der Waals surface area contributed by atoms with Crippen molar-refractivity contribution in [3.05, 3.63) is 125 Å². The van der Waals surface area contributed by atoms with Crippen LogP contribution in [0, 0.1) is 5.82 Å². The van der Waals surface area contributed by atoms with Crippen molar-refractivity contribution in [1.29, 1.82) is 0 Å². The number of ether oxygens (including phenoxy) is 1. The Bertz CT molecular complexity index is 1720. The maximum absolute atomic E-state index is 14.5. The number of anilines is 1. The van der Waals surface area contributed by atoms with E-state index in [2.05, 4.69) is 21.2 Å². The van der Waals surface area contributed by atoms with E-state index >= 15 is 0 Å². The van der Waals surface area contributed by atoms with E-state index in [-0.39, 0.29) is 35.5 Å². The van der Waals surface area contributed by atoms with Gasteiger partial charge in [0.05, 0.1) is 17.7 Å². The summed E-state index contributed by atoms with van der Waals surface area (Å²) in [5, 5.41) is 3.01. The average Bonchev–Trinajstić information content (AvgIpc) is 3.06. The van der Waals surface area contributed by atoms with Crippen molar-refractivity contribution in [2.45, 2.75) is 50.2 Å². The van der Waals surface area contributed by atoms with Crippen LogP contribution < -0.4 is 14.4 Å². The molecule has 0 saturated heterocycles. The first kappa shape index (κ1) is 34.6. The average molecular weight is 711 g/mol. The third-order valence-electron chi connectivity index (χ3n) is 7.55. The molecule has 2 unspecified atom stereocenters. The number of sulfonamides is 1. The summed E-state index contributed by atoms with van der Waals surface area (Å²) in [5.41, 5.74) is 1.67. The molecule has 2 atom stereocenters. The van der Waals surface area contributed by atoms with E-state index in [0.29, 0.717) is 12.2 Å². The van der Waals surface area contributed by atoms with Crippen molar-refractivity contribution in [1.82, 2.24) is 10.2 Å². The lowest BCUT2D eigenvalue weighted by Gasteiger charge is -2.34. The Labute approximate surface area is 278 Å². The molecule has 0 bridgehead atoms. The van der Waals surface area contributed by atoms with Crippen molar-refractivity contribution in [3.63, 3.8) is 0 Å². The Hall–Kier alpha value is -4.22. The van der Waals surface area contributed by atoms with E-state index < -0.39 is 34.3 Å². The first-order valence-corrected chi connectivity index (χ1v) is 17.1. The van der Waals surface area contributed by atoms with Crippen molar-refractivity contribution in [2.24, 2.45) is 0 Å². The van der Waals surface area contributed by atoms with Crippen LogP contribution in [0.4, 0.5) is 10.1 Å². The maximum Gasteiger partial charge on any atom is 0.264 e. The van der Waals surface area contributed by atoms with Crippen molar-refractivity contribution in [2.75, 3.05) is 18.0 Å². The van der Waals surface area contributed by atoms with Gasteiger partial charge in [0.1, 0.15) is 24.2 Å². The Morgan fingerprint density at radius 2 is 1.57 bits per heavy atom. The first-order chi connectivity index (χ1) is 22.0. The summed E-state index contributed by atoms with van der Waals surface area (Å²) in [4.78, 5) is 29.7. The topological polar surface area (TPSA) is 96.0 Å². The molecule has 0 aliphatic rings. The van der Waals surface area contributed by atoms with Gasteiger partial charge in [0.25, 0.3) is 10.0 Å². The van der Waals surface area contributed by atoms with Gasteiger partial charge in [-0.2, -0.15) is 0 Å². The molecule has 0 heterocycles. The van der Waals surface area contributed by atoms with E-state index in [9.17, 15) is 22.4 Å². The largest absolute Gasteiger partial charge is 0.497 e. The van der Waals surface area contributed by atoms with Gasteiger partial charge in [0.2, 0.25) is 11.8 Å². The van der Waals surface area contributed by atoms with Crippen LogP contribution in [0.25, 0.3) is 0 Å². The number of methoxy groups -OCH3 is 1. The summed E-state index contributed by atoms with van der Waals surface area (Å²) < 4.78 is 49.0. The van der Waals surface area contributed by atoms with Crippen LogP contribution in [0.1, 0.15) is 31.4 Å². The third kappa shape index (κ3) is 8.95. The molecule has 0 spiro atoms. The van der Waals surface area contributed by atoms with Crippen LogP contribution >= 0.6 is 15.9 Å². The molecule has 0 radical (unpaired) electrons. The van der Waals surface area contributed by atoms with Gasteiger partial charge in [-0.3, -0.25) is 13.9 Å². The third-order valence-corrected chi connectivity index (χ3v) is 9.84. The number of carbonyl (C=O) groups excluding carboxylic acids is 2. The summed E-state index contributed by atoms with van der Waals surface area (Å²) in [6.07, 6.45) is 0.881. The number of carbonyl (C=O) groups is 2. The van der Waals surface area contributed by atoms with Crippen LogP contribution in [0.5, 0.6) is 5.75 Å². The predicted octanol–water partition coefficient (Wildman–Crippen LogP) is 6.35. The van der Waals surface area contributed by atoms with Gasteiger partial charge in [-0.25, -0.2) is 12.8 Å². The summed E-state index contributed by atoms with van der Waals surface area (Å²) in [5.74, 6) is -1.06. The minimum absolute atomic E-state index is 0.0313. The number of amides is 2. The number of nitrogens with zero attached hydrogens (tertiary/aromatic N) is 2. The summed E-state index contributed by atoms with van der Waals surface area (Å²) in [6, 6.07) is 26.2. The molecule has 0 aromatic heterocycles. The summed E-state index contributed by atoms with van der Waals surface area (Å²) in [6.45, 7) is 3.22. The molecule has 4 rings (SSSR count). The van der Waals surface area contributed by atoms with Crippen molar-refractivity contribution >= 4 is 43.5 Å². The van der Waals surface area contributed by atoms with Gasteiger partial charge >= 0.3 is 0 Å². The molecule has 4 aromatic rings. The molecule has 0 saturated carbocycles. The van der Waals surface area contributed by atoms with Crippen LogP contribution in [0.15, 0.2) is 112 Å². The van der Waals surface area contributed by atoms with Gasteiger partial charge in [0, 0.05) is 23.5 Å². The lowest BCUT2D eigenvalue weighted by atomic mass is 10.0. The smallest absolute Gasteiger partial charge is 0.264 e. The van der Waals surface area contributed by atoms with E-state index in [4.69, 9.17) is 4.74 Å². The zero-order chi connectivity index (χ0) is 33.3. The Morgan fingerprint density at radius 1 is 0.913 bits per heavy atom. The van der Waals surface area contributed by atoms with Crippen LogP contribution in [0.2, 0.25) is 0 Å². The van der Waals surface area contributed by atoms with Crippen molar-refractivity contribution < 1.29 is 27.1 Å². The molecule has 242 valence electrons. The monoisotopic (exact) mass is 709 g/mol. The van der Waals surface area contributed by atoms with Crippen LogP contribution in [-0.4, -0.2) is 50.9 Å². The molecule has 2 amide bonds. The van der Waals surface area contributed by atoms with E-state index in [1.807, 2.05) is 68.4 Å². The van der Waals surface area contributed by atoms with Crippen LogP contribution in [0.3, 0.4) is 0 Å². The SMILES string of the molecule is CCC(C)NC(=O)C(Cc1ccccc1)N(Cc1cccc(Br)c1)C(=O)CN(c1ccc(F)cc1)S(=O)(=O)c1ccc(OC)cc1. The fourth-order valence-electron chi connectivity index (χ4n) is 4.84. The van der Waals surface area contributed by atoms with Gasteiger partial charge in [-0.15, -0.1) is 0 Å². The molecule has 46 heavy (non-hydrogen) atoms. The normalized spacial score (nSPS) is 12.5. The van der Waals surface area contributed by atoms with Crippen LogP contribution in [-0.2, 0) is 32.6 Å². The summed E-state index contributed by atoms with van der Waals surface area (Å²) >= 11 is 3.48. The highest BCUT2D eigenvalue weighted by molar-refractivity contribution is 9.10. The molecule has 0 fully saturated rings. The second kappa shape index (κ2) is 15.9.